The van der Waals surface area contributed by atoms with Gasteiger partial charge in [0.05, 0.1) is 12.3 Å². The highest BCUT2D eigenvalue weighted by atomic mass is 16.5. The largest absolute Gasteiger partial charge is 0.490 e. The third-order valence-electron chi connectivity index (χ3n) is 5.41. The summed E-state index contributed by atoms with van der Waals surface area (Å²) in [6.07, 6.45) is 9.07. The smallest absolute Gasteiger partial charge is 0.341 e. The molecule has 1 unspecified atom stereocenters. The number of rotatable bonds is 9. The first-order valence-electron chi connectivity index (χ1n) is 10.8. The number of nitrogens with one attached hydrogen (secondary N) is 1. The van der Waals surface area contributed by atoms with E-state index in [0.717, 1.165) is 55.3 Å². The molecule has 168 valence electrons. The Morgan fingerprint density at radius 2 is 2.06 bits per heavy atom. The lowest BCUT2D eigenvalue weighted by Crippen LogP contribution is -2.34. The van der Waals surface area contributed by atoms with Gasteiger partial charge < -0.3 is 19.6 Å². The summed E-state index contributed by atoms with van der Waals surface area (Å²) in [5, 5.41) is 8.88. The second-order valence-electron chi connectivity index (χ2n) is 7.70. The number of aromatic amines is 1. The molecule has 1 aliphatic heterocycles. The number of carboxylic acid groups (broad SMARTS) is 1. The summed E-state index contributed by atoms with van der Waals surface area (Å²) < 4.78 is 11.0. The quantitative estimate of drug-likeness (QED) is 0.525. The highest BCUT2D eigenvalue weighted by molar-refractivity contribution is 5.68. The maximum Gasteiger partial charge on any atom is 0.341 e. The fourth-order valence-electron chi connectivity index (χ4n) is 4.08. The highest BCUT2D eigenvalue weighted by Crippen LogP contribution is 2.33. The monoisotopic (exact) mass is 437 g/mol. The van der Waals surface area contributed by atoms with Gasteiger partial charge in [-0.25, -0.2) is 14.8 Å². The van der Waals surface area contributed by atoms with Gasteiger partial charge >= 0.3 is 5.97 Å². The molecule has 9 heteroatoms. The molecule has 2 aromatic heterocycles. The molecule has 1 saturated heterocycles. The number of ether oxygens (including phenoxy) is 2. The van der Waals surface area contributed by atoms with Gasteiger partial charge in [0.2, 0.25) is 0 Å². The number of aromatic nitrogens is 4. The summed E-state index contributed by atoms with van der Waals surface area (Å²) in [5.41, 5.74) is 2.87. The Labute approximate surface area is 186 Å². The van der Waals surface area contributed by atoms with Gasteiger partial charge in [0, 0.05) is 43.8 Å². The highest BCUT2D eigenvalue weighted by Gasteiger charge is 2.26. The van der Waals surface area contributed by atoms with Gasteiger partial charge in [-0.3, -0.25) is 9.88 Å². The van der Waals surface area contributed by atoms with Crippen LogP contribution in [0.2, 0.25) is 0 Å². The summed E-state index contributed by atoms with van der Waals surface area (Å²) in [4.78, 5) is 29.9. The van der Waals surface area contributed by atoms with Crippen molar-refractivity contribution in [1.82, 2.24) is 24.8 Å². The van der Waals surface area contributed by atoms with Crippen molar-refractivity contribution in [2.75, 3.05) is 26.3 Å². The molecule has 2 N–H and O–H groups in total. The van der Waals surface area contributed by atoms with Crippen LogP contribution in [0.1, 0.15) is 36.9 Å². The standard InChI is InChI=1S/C23H27N5O4/c1-2-31-19-12-16(5-6-18(19)32-15-20(29)30)13-28-11-3-4-17(14-28)21-22(25-8-7-24-21)23-26-9-10-27-23/h5-10,12,17H,2-4,11,13-15H2,1H3,(H,26,27)(H,29,30). The van der Waals surface area contributed by atoms with E-state index in [-0.39, 0.29) is 5.92 Å². The number of nitrogens with zero attached hydrogens (tertiary/aromatic N) is 4. The van der Waals surface area contributed by atoms with Gasteiger partial charge in [0.25, 0.3) is 0 Å². The SMILES string of the molecule is CCOc1cc(CN2CCCC(c3nccnc3-c3ncc[nH]3)C2)ccc1OCC(=O)O. The number of piperidine rings is 1. The summed E-state index contributed by atoms with van der Waals surface area (Å²) >= 11 is 0. The van der Waals surface area contributed by atoms with Gasteiger partial charge in [0.1, 0.15) is 5.69 Å². The fourth-order valence-corrected chi connectivity index (χ4v) is 4.08. The number of likely N-dealkylation sites (tertiary alicyclic amines) is 1. The number of carbonyl (C=O) groups is 1. The third-order valence-corrected chi connectivity index (χ3v) is 5.41. The first-order chi connectivity index (χ1) is 15.6. The zero-order valence-corrected chi connectivity index (χ0v) is 18.0. The molecule has 1 atom stereocenters. The van der Waals surface area contributed by atoms with E-state index in [4.69, 9.17) is 14.6 Å². The van der Waals surface area contributed by atoms with E-state index >= 15 is 0 Å². The average Bonchev–Trinajstić information content (AvgIpc) is 3.34. The Morgan fingerprint density at radius 1 is 1.19 bits per heavy atom. The predicted molar refractivity (Wildman–Crippen MR) is 118 cm³/mol. The van der Waals surface area contributed by atoms with Crippen LogP contribution in [0.4, 0.5) is 0 Å². The van der Waals surface area contributed by atoms with Crippen LogP contribution in [0.5, 0.6) is 11.5 Å². The molecule has 0 radical (unpaired) electrons. The molecule has 9 nitrogen and oxygen atoms in total. The lowest BCUT2D eigenvalue weighted by Gasteiger charge is -2.33. The molecule has 4 rings (SSSR count). The van der Waals surface area contributed by atoms with E-state index in [1.807, 2.05) is 19.1 Å². The number of benzene rings is 1. The van der Waals surface area contributed by atoms with Gasteiger partial charge in [-0.1, -0.05) is 6.07 Å². The van der Waals surface area contributed by atoms with Crippen molar-refractivity contribution in [3.8, 4) is 23.0 Å². The summed E-state index contributed by atoms with van der Waals surface area (Å²) in [5.74, 6) is 0.991. The van der Waals surface area contributed by atoms with E-state index in [1.54, 1.807) is 30.9 Å². The number of imidazole rings is 1. The second kappa shape index (κ2) is 10.2. The number of aliphatic carboxylic acids is 1. The van der Waals surface area contributed by atoms with Crippen LogP contribution in [-0.4, -0.2) is 62.2 Å². The lowest BCUT2D eigenvalue weighted by atomic mass is 9.92. The van der Waals surface area contributed by atoms with Crippen molar-refractivity contribution in [1.29, 1.82) is 0 Å². The molecule has 1 aromatic carbocycles. The van der Waals surface area contributed by atoms with Gasteiger partial charge in [-0.05, 0) is 44.0 Å². The number of hydrogen-bond acceptors (Lipinski definition) is 7. The van der Waals surface area contributed by atoms with Crippen LogP contribution in [-0.2, 0) is 11.3 Å². The Balaban J connectivity index is 1.48. The maximum absolute atomic E-state index is 10.8. The normalized spacial score (nSPS) is 16.6. The molecule has 0 bridgehead atoms. The molecule has 3 aromatic rings. The summed E-state index contributed by atoms with van der Waals surface area (Å²) in [6, 6.07) is 5.67. The first kappa shape index (κ1) is 21.8. The second-order valence-corrected chi connectivity index (χ2v) is 7.70. The molecule has 3 heterocycles. The van der Waals surface area contributed by atoms with Crippen LogP contribution < -0.4 is 9.47 Å². The molecular formula is C23H27N5O4. The zero-order valence-electron chi connectivity index (χ0n) is 18.0. The van der Waals surface area contributed by atoms with Crippen LogP contribution in [0.25, 0.3) is 11.5 Å². The number of hydrogen-bond donors (Lipinski definition) is 2. The van der Waals surface area contributed by atoms with Gasteiger partial charge in [0.15, 0.2) is 23.9 Å². The topological polar surface area (TPSA) is 113 Å². The Bertz CT molecular complexity index is 1040. The van der Waals surface area contributed by atoms with Crippen LogP contribution in [0, 0.1) is 0 Å². The van der Waals surface area contributed by atoms with E-state index in [1.165, 1.54) is 0 Å². The zero-order chi connectivity index (χ0) is 22.3. The van der Waals surface area contributed by atoms with Crippen molar-refractivity contribution >= 4 is 5.97 Å². The Hall–Kier alpha value is -3.46. The van der Waals surface area contributed by atoms with Crippen molar-refractivity contribution in [2.24, 2.45) is 0 Å². The Morgan fingerprint density at radius 3 is 2.84 bits per heavy atom. The third kappa shape index (κ3) is 5.23. The van der Waals surface area contributed by atoms with Crippen LogP contribution >= 0.6 is 0 Å². The predicted octanol–water partition coefficient (Wildman–Crippen LogP) is 3.11. The van der Waals surface area contributed by atoms with Crippen molar-refractivity contribution in [2.45, 2.75) is 32.2 Å². The minimum absolute atomic E-state index is 0.266. The van der Waals surface area contributed by atoms with Crippen molar-refractivity contribution in [3.05, 3.63) is 54.2 Å². The Kier molecular flexibility index (Phi) is 6.96. The van der Waals surface area contributed by atoms with E-state index < -0.39 is 12.6 Å². The van der Waals surface area contributed by atoms with Crippen LogP contribution in [0.3, 0.4) is 0 Å². The number of H-pyrrole nitrogens is 1. The number of carboxylic acids is 1. The molecule has 0 saturated carbocycles. The lowest BCUT2D eigenvalue weighted by molar-refractivity contribution is -0.139. The summed E-state index contributed by atoms with van der Waals surface area (Å²) in [7, 11) is 0. The molecule has 32 heavy (non-hydrogen) atoms. The van der Waals surface area contributed by atoms with Crippen molar-refractivity contribution in [3.63, 3.8) is 0 Å². The molecule has 0 spiro atoms. The van der Waals surface area contributed by atoms with E-state index in [0.29, 0.717) is 18.1 Å². The van der Waals surface area contributed by atoms with E-state index in [2.05, 4.69) is 24.8 Å². The van der Waals surface area contributed by atoms with Gasteiger partial charge in [-0.2, -0.15) is 0 Å². The average molecular weight is 438 g/mol. The van der Waals surface area contributed by atoms with Gasteiger partial charge in [-0.15, -0.1) is 0 Å². The van der Waals surface area contributed by atoms with Crippen LogP contribution in [0.15, 0.2) is 43.0 Å². The molecule has 0 amide bonds. The molecule has 1 fully saturated rings. The summed E-state index contributed by atoms with van der Waals surface area (Å²) in [6.45, 7) is 4.58. The molecule has 1 aliphatic rings. The fraction of sp³-hybridized carbons (Fsp3) is 0.391. The molecular weight excluding hydrogens is 410 g/mol. The minimum Gasteiger partial charge on any atom is -0.490 e. The molecule has 0 aliphatic carbocycles. The first-order valence-corrected chi connectivity index (χ1v) is 10.8. The van der Waals surface area contributed by atoms with Crippen molar-refractivity contribution < 1.29 is 19.4 Å². The maximum atomic E-state index is 10.8. The van der Waals surface area contributed by atoms with E-state index in [9.17, 15) is 4.79 Å². The minimum atomic E-state index is -1.02.